The first kappa shape index (κ1) is 74.3. The number of nitrogens with one attached hydrogen (secondary N) is 7. The zero-order valence-corrected chi connectivity index (χ0v) is 53.3. The Bertz CT molecular complexity index is 3110. The van der Waals surface area contributed by atoms with Gasteiger partial charge in [-0.15, -0.1) is 22.7 Å². The number of primary amides is 2. The molecule has 0 unspecified atom stereocenters. The van der Waals surface area contributed by atoms with Crippen molar-refractivity contribution >= 4 is 80.9 Å². The number of aromatic amines is 1. The lowest BCUT2D eigenvalue weighted by Crippen LogP contribution is -2.65. The largest absolute Gasteiger partial charge is 0.441 e. The zero-order chi connectivity index (χ0) is 67.8. The number of imidazole rings is 1. The molecular weight excluding hydrogens is 1280 g/mol. The van der Waals surface area contributed by atoms with Crippen molar-refractivity contribution in [1.29, 1.82) is 0 Å². The second-order valence-electron chi connectivity index (χ2n) is 21.9. The van der Waals surface area contributed by atoms with Gasteiger partial charge < -0.3 is 124 Å². The van der Waals surface area contributed by atoms with Crippen LogP contribution in [0.2, 0.25) is 0 Å². The summed E-state index contributed by atoms with van der Waals surface area (Å²) < 4.78 is 28.7. The molecule has 510 valence electrons. The number of rotatable bonds is 33. The van der Waals surface area contributed by atoms with Gasteiger partial charge in [-0.2, -0.15) is 0 Å². The molecule has 6 heterocycles. The number of anilines is 1. The molecular formula is C53H81N16O20S3+. The van der Waals surface area contributed by atoms with Crippen LogP contribution >= 0.6 is 22.7 Å². The van der Waals surface area contributed by atoms with E-state index in [1.807, 2.05) is 0 Å². The van der Waals surface area contributed by atoms with Crippen LogP contribution in [0, 0.1) is 12.8 Å². The van der Waals surface area contributed by atoms with E-state index in [1.165, 1.54) is 50.4 Å². The quantitative estimate of drug-likeness (QED) is 0.0156. The van der Waals surface area contributed by atoms with E-state index in [0.29, 0.717) is 22.3 Å². The minimum atomic E-state index is -2.16. The fourth-order valence-corrected chi connectivity index (χ4v) is 11.7. The van der Waals surface area contributed by atoms with Gasteiger partial charge in [0.15, 0.2) is 18.7 Å². The average Bonchev–Trinajstić information content (AvgIpc) is 0.819. The SMILES string of the molecule is Cc1c(N)nc(CNC[C@H](N)C(N)=O)nc1C(=O)N[C@H](C(=O)N[C@H](C)[C@@H](O)[C@H](C)C(=O)N[C@H](C(=O)NCCc1nc(-c2nc(C(=O)NCCC[S+](C)C)cs2)cs1)[C@@H](C)O)[C@@H](O[C@@H]1O[C@@H](CO)[C@@H](O)[C@H](O)[C@@H]1O[C@H]1O[C@H](CO)[C@@H](O)[C@H](OC(N)=O)[C@@H]1O)c1cnc[nH]1. The summed E-state index contributed by atoms with van der Waals surface area (Å²) in [6, 6.07) is -6.22. The van der Waals surface area contributed by atoms with E-state index in [1.54, 1.807) is 10.8 Å². The monoisotopic (exact) mass is 1360 g/mol. The lowest BCUT2D eigenvalue weighted by atomic mass is 9.96. The van der Waals surface area contributed by atoms with Crippen molar-refractivity contribution in [3.8, 4) is 10.7 Å². The van der Waals surface area contributed by atoms with E-state index in [9.17, 15) is 69.6 Å². The lowest BCUT2D eigenvalue weighted by molar-refractivity contribution is -0.372. The van der Waals surface area contributed by atoms with Crippen molar-refractivity contribution in [3.05, 3.63) is 56.8 Å². The van der Waals surface area contributed by atoms with Crippen LogP contribution < -0.4 is 54.8 Å². The Labute approximate surface area is 537 Å². The number of aliphatic hydroxyl groups is 8. The van der Waals surface area contributed by atoms with E-state index in [2.05, 4.69) is 74.3 Å². The van der Waals surface area contributed by atoms with Gasteiger partial charge >= 0.3 is 6.09 Å². The number of nitrogens with two attached hydrogens (primary N) is 4. The summed E-state index contributed by atoms with van der Waals surface area (Å²) >= 11 is 2.54. The van der Waals surface area contributed by atoms with Crippen LogP contribution in [0.15, 0.2) is 23.3 Å². The molecule has 36 nitrogen and oxygen atoms in total. The fraction of sp³-hybridized carbons (Fsp3) is 0.623. The summed E-state index contributed by atoms with van der Waals surface area (Å²) in [6.07, 6.45) is -18.8. The number of hydrogen-bond donors (Lipinski definition) is 19. The standard InChI is InChI=1S/C53H80N16O20S3/c1-20-32(66-30(67-43(20)55)14-58-12-24(54)44(56)78)48(82)69-34(40(25-13-59-19-62-25)87-52-42(38(76)36(74)28(15-70)86-52)88-51-39(77)41(89-53(57)84)37(75)29(16-71)85-51)49(83)63-22(3)35(73)21(2)45(79)68-33(23(4)72)47(81)61-10-8-31-64-27(18-90-31)50-65-26(17-91-50)46(80)60-9-7-11-92(5)6/h13,17-19,21-24,28-29,33-42,51-52,58,70-77H,7-12,14-16,54H2,1-6H3,(H11-,55,56,57,59,60,61,62,63,66,67,68,69,78,79,80,81,82,83,84)/p+1/t21-,22+,23+,24-,28-,29+,33-,34-,35-,36+,37+,38-,39-,40-,41-,42-,51+,52-/m0/s1. The second kappa shape index (κ2) is 34.4. The predicted octanol–water partition coefficient (Wildman–Crippen LogP) is -7.12. The van der Waals surface area contributed by atoms with Crippen molar-refractivity contribution in [3.63, 3.8) is 0 Å². The van der Waals surface area contributed by atoms with Crippen molar-refractivity contribution in [2.75, 3.05) is 56.8 Å². The zero-order valence-electron chi connectivity index (χ0n) is 50.8. The molecule has 2 aliphatic heterocycles. The maximum Gasteiger partial charge on any atom is 0.404 e. The third-order valence-electron chi connectivity index (χ3n) is 14.7. The fourth-order valence-electron chi connectivity index (χ4n) is 9.37. The van der Waals surface area contributed by atoms with Crippen LogP contribution in [-0.2, 0) is 66.7 Å². The van der Waals surface area contributed by atoms with Crippen molar-refractivity contribution in [2.45, 2.75) is 151 Å². The third kappa shape index (κ3) is 19.7. The molecule has 0 saturated carbocycles. The smallest absolute Gasteiger partial charge is 0.404 e. The topological polar surface area (TPSA) is 584 Å². The number of hydrogen-bond acceptors (Lipinski definition) is 30. The Balaban J connectivity index is 1.22. The minimum Gasteiger partial charge on any atom is -0.441 e. The molecule has 0 radical (unpaired) electrons. The number of amides is 7. The first-order valence-electron chi connectivity index (χ1n) is 28.7. The summed E-state index contributed by atoms with van der Waals surface area (Å²) in [5.74, 6) is -6.01. The van der Waals surface area contributed by atoms with Gasteiger partial charge in [-0.25, -0.2) is 29.7 Å². The van der Waals surface area contributed by atoms with Crippen molar-refractivity contribution < 1.29 is 98.1 Å². The highest BCUT2D eigenvalue weighted by Crippen LogP contribution is 2.35. The minimum absolute atomic E-state index is 0.0131. The maximum atomic E-state index is 15.1. The molecule has 6 rings (SSSR count). The molecule has 23 N–H and O–H groups in total. The molecule has 2 fully saturated rings. The lowest BCUT2D eigenvalue weighted by Gasteiger charge is -2.47. The number of nitrogens with zero attached hydrogens (tertiary/aromatic N) is 5. The first-order chi connectivity index (χ1) is 43.5. The Morgan fingerprint density at radius 3 is 2.13 bits per heavy atom. The summed E-state index contributed by atoms with van der Waals surface area (Å²) in [4.78, 5) is 118. The molecule has 0 aromatic carbocycles. The normalized spacial score (nSPS) is 24.2. The molecule has 0 bridgehead atoms. The van der Waals surface area contributed by atoms with Crippen LogP contribution in [0.25, 0.3) is 10.7 Å². The van der Waals surface area contributed by atoms with Crippen molar-refractivity contribution in [2.24, 2.45) is 23.1 Å². The summed E-state index contributed by atoms with van der Waals surface area (Å²) in [7, 11) is 0.262. The Morgan fingerprint density at radius 1 is 0.793 bits per heavy atom. The molecule has 39 heteroatoms. The molecule has 92 heavy (non-hydrogen) atoms. The van der Waals surface area contributed by atoms with E-state index in [4.69, 9.17) is 46.6 Å². The van der Waals surface area contributed by atoms with Crippen LogP contribution in [-0.4, -0.2) is 261 Å². The number of ether oxygens (including phenoxy) is 5. The Hall–Kier alpha value is -6.77. The number of carbonyl (C=O) groups excluding carboxylic acids is 7. The van der Waals surface area contributed by atoms with Crippen LogP contribution in [0.3, 0.4) is 0 Å². The van der Waals surface area contributed by atoms with Crippen LogP contribution in [0.4, 0.5) is 10.6 Å². The van der Waals surface area contributed by atoms with Gasteiger partial charge in [0.2, 0.25) is 23.6 Å². The number of thiazole rings is 2. The summed E-state index contributed by atoms with van der Waals surface area (Å²) in [5.41, 5.74) is 22.6. The summed E-state index contributed by atoms with van der Waals surface area (Å²) in [5, 5.41) is 108. The molecule has 18 atom stereocenters. The van der Waals surface area contributed by atoms with E-state index in [-0.39, 0.29) is 71.5 Å². The van der Waals surface area contributed by atoms with Gasteiger partial charge in [-0.1, -0.05) is 6.92 Å². The molecule has 4 aromatic heterocycles. The number of H-pyrrole nitrogens is 1. The number of aliphatic hydroxyl groups excluding tert-OH is 8. The predicted molar refractivity (Wildman–Crippen MR) is 326 cm³/mol. The maximum absolute atomic E-state index is 15.1. The molecule has 2 saturated heterocycles. The highest BCUT2D eigenvalue weighted by molar-refractivity contribution is 7.95. The number of aromatic nitrogens is 6. The molecule has 0 spiro atoms. The van der Waals surface area contributed by atoms with Gasteiger partial charge in [0.1, 0.15) is 100 Å². The molecule has 0 aliphatic carbocycles. The first-order valence-corrected chi connectivity index (χ1v) is 32.7. The Morgan fingerprint density at radius 2 is 1.49 bits per heavy atom. The van der Waals surface area contributed by atoms with E-state index < -0.39 is 164 Å². The van der Waals surface area contributed by atoms with Gasteiger partial charge in [0.25, 0.3) is 11.8 Å². The van der Waals surface area contributed by atoms with Gasteiger partial charge in [0, 0.05) is 48.8 Å². The highest BCUT2D eigenvalue weighted by atomic mass is 32.2. The number of carbonyl (C=O) groups is 7. The average molecular weight is 1360 g/mol. The highest BCUT2D eigenvalue weighted by Gasteiger charge is 2.54. The molecule has 4 aromatic rings. The third-order valence-corrected chi connectivity index (χ3v) is 17.5. The molecule has 7 amide bonds. The Kier molecular flexibility index (Phi) is 27.8. The molecule has 2 aliphatic rings. The number of nitrogen functional groups attached to an aromatic ring is 1. The van der Waals surface area contributed by atoms with Gasteiger partial charge in [-0.05, 0) is 31.7 Å². The van der Waals surface area contributed by atoms with E-state index >= 15 is 4.79 Å². The summed E-state index contributed by atoms with van der Waals surface area (Å²) in [6.45, 7) is 3.38. The van der Waals surface area contributed by atoms with Crippen molar-refractivity contribution in [1.82, 2.24) is 61.8 Å². The van der Waals surface area contributed by atoms with E-state index in [0.717, 1.165) is 24.7 Å². The van der Waals surface area contributed by atoms with Gasteiger partial charge in [-0.3, -0.25) is 28.8 Å². The van der Waals surface area contributed by atoms with Crippen LogP contribution in [0.5, 0.6) is 0 Å². The van der Waals surface area contributed by atoms with Gasteiger partial charge in [0.05, 0.1) is 85.7 Å². The van der Waals surface area contributed by atoms with Crippen LogP contribution in [0.1, 0.15) is 76.4 Å². The second-order valence-corrected chi connectivity index (χ2v) is 26.1.